The fraction of sp³-hybridized carbons (Fsp3) is 0.455. The number of hydrogen-bond donors (Lipinski definition) is 1. The van der Waals surface area contributed by atoms with Crippen LogP contribution in [-0.4, -0.2) is 10.5 Å². The number of nitrogens with one attached hydrogen (secondary N) is 1. The highest BCUT2D eigenvalue weighted by atomic mass is 16.1. The SMILES string of the molecule is CC(C)CC(=O)Nc1ccn(C)c(=O)c1. The molecule has 1 N–H and O–H groups in total. The molecule has 0 aliphatic rings. The second kappa shape index (κ2) is 4.77. The lowest BCUT2D eigenvalue weighted by Gasteiger charge is -2.07. The van der Waals surface area contributed by atoms with Crippen LogP contribution in [0.1, 0.15) is 20.3 Å². The summed E-state index contributed by atoms with van der Waals surface area (Å²) in [6, 6.07) is 3.12. The van der Waals surface area contributed by atoms with Crippen molar-refractivity contribution in [2.75, 3.05) is 5.32 Å². The molecule has 1 heterocycles. The molecule has 82 valence electrons. The van der Waals surface area contributed by atoms with Crippen LogP contribution >= 0.6 is 0 Å². The maximum atomic E-state index is 11.4. The first-order valence-corrected chi connectivity index (χ1v) is 4.95. The molecule has 0 spiro atoms. The third kappa shape index (κ3) is 3.58. The van der Waals surface area contributed by atoms with Crippen molar-refractivity contribution in [1.82, 2.24) is 4.57 Å². The highest BCUT2D eigenvalue weighted by molar-refractivity contribution is 5.90. The zero-order chi connectivity index (χ0) is 11.4. The summed E-state index contributed by atoms with van der Waals surface area (Å²) in [5, 5.41) is 2.69. The van der Waals surface area contributed by atoms with Gasteiger partial charge in [0, 0.05) is 31.4 Å². The van der Waals surface area contributed by atoms with Crippen LogP contribution in [0, 0.1) is 5.92 Å². The molecule has 1 aromatic rings. The van der Waals surface area contributed by atoms with E-state index in [-0.39, 0.29) is 11.5 Å². The molecule has 1 aromatic heterocycles. The Balaban J connectivity index is 2.69. The lowest BCUT2D eigenvalue weighted by atomic mass is 10.1. The minimum atomic E-state index is -0.127. The summed E-state index contributed by atoms with van der Waals surface area (Å²) in [6.07, 6.45) is 2.10. The molecule has 0 aliphatic heterocycles. The van der Waals surface area contributed by atoms with Gasteiger partial charge in [0.15, 0.2) is 0 Å². The predicted molar refractivity (Wildman–Crippen MR) is 59.8 cm³/mol. The van der Waals surface area contributed by atoms with Gasteiger partial charge in [0.05, 0.1) is 0 Å². The number of amides is 1. The van der Waals surface area contributed by atoms with Crippen molar-refractivity contribution >= 4 is 11.6 Å². The minimum absolute atomic E-state index is 0.0572. The van der Waals surface area contributed by atoms with Gasteiger partial charge in [-0.15, -0.1) is 0 Å². The molecule has 0 radical (unpaired) electrons. The number of anilines is 1. The Kier molecular flexibility index (Phi) is 3.66. The summed E-state index contributed by atoms with van der Waals surface area (Å²) >= 11 is 0. The van der Waals surface area contributed by atoms with Crippen LogP contribution in [-0.2, 0) is 11.8 Å². The summed E-state index contributed by atoms with van der Waals surface area (Å²) in [5.41, 5.74) is 0.432. The Bertz CT molecular complexity index is 407. The van der Waals surface area contributed by atoms with E-state index in [1.54, 1.807) is 19.3 Å². The Hall–Kier alpha value is -1.58. The van der Waals surface area contributed by atoms with E-state index in [2.05, 4.69) is 5.32 Å². The number of nitrogens with zero attached hydrogens (tertiary/aromatic N) is 1. The smallest absolute Gasteiger partial charge is 0.252 e. The summed E-state index contributed by atoms with van der Waals surface area (Å²) in [7, 11) is 1.67. The Morgan fingerprint density at radius 1 is 1.53 bits per heavy atom. The van der Waals surface area contributed by atoms with Crippen LogP contribution in [0.2, 0.25) is 0 Å². The molecule has 0 fully saturated rings. The fourth-order valence-electron chi connectivity index (χ4n) is 1.21. The van der Waals surface area contributed by atoms with Crippen molar-refractivity contribution < 1.29 is 4.79 Å². The summed E-state index contributed by atoms with van der Waals surface area (Å²) in [5.74, 6) is 0.259. The number of carbonyl (C=O) groups is 1. The first kappa shape index (κ1) is 11.5. The second-order valence-electron chi connectivity index (χ2n) is 4.01. The maximum absolute atomic E-state index is 11.4. The molecule has 15 heavy (non-hydrogen) atoms. The molecular formula is C11H16N2O2. The van der Waals surface area contributed by atoms with Crippen molar-refractivity contribution in [3.05, 3.63) is 28.7 Å². The first-order chi connectivity index (χ1) is 6.99. The molecule has 4 nitrogen and oxygen atoms in total. The van der Waals surface area contributed by atoms with Crippen molar-refractivity contribution in [2.45, 2.75) is 20.3 Å². The second-order valence-corrected chi connectivity index (χ2v) is 4.01. The molecule has 0 aromatic carbocycles. The monoisotopic (exact) mass is 208 g/mol. The van der Waals surface area contributed by atoms with Crippen molar-refractivity contribution in [3.8, 4) is 0 Å². The van der Waals surface area contributed by atoms with Gasteiger partial charge in [-0.2, -0.15) is 0 Å². The molecule has 0 aliphatic carbocycles. The maximum Gasteiger partial charge on any atom is 0.252 e. The highest BCUT2D eigenvalue weighted by Crippen LogP contribution is 2.05. The van der Waals surface area contributed by atoms with Crippen LogP contribution in [0.5, 0.6) is 0 Å². The average molecular weight is 208 g/mol. The van der Waals surface area contributed by atoms with Gasteiger partial charge in [-0.1, -0.05) is 13.8 Å². The van der Waals surface area contributed by atoms with E-state index < -0.39 is 0 Å². The van der Waals surface area contributed by atoms with E-state index in [0.29, 0.717) is 18.0 Å². The van der Waals surface area contributed by atoms with Gasteiger partial charge in [0.2, 0.25) is 5.91 Å². The van der Waals surface area contributed by atoms with E-state index in [4.69, 9.17) is 0 Å². The molecule has 0 unspecified atom stereocenters. The third-order valence-electron chi connectivity index (χ3n) is 1.98. The third-order valence-corrected chi connectivity index (χ3v) is 1.98. The average Bonchev–Trinajstić information content (AvgIpc) is 2.10. The highest BCUT2D eigenvalue weighted by Gasteiger charge is 2.05. The lowest BCUT2D eigenvalue weighted by Crippen LogP contribution is -2.18. The number of aryl methyl sites for hydroxylation is 1. The standard InChI is InChI=1S/C11H16N2O2/c1-8(2)6-10(14)12-9-4-5-13(3)11(15)7-9/h4-5,7-8H,6H2,1-3H3,(H,12,14). The predicted octanol–water partition coefficient (Wildman–Crippen LogP) is 1.37. The van der Waals surface area contributed by atoms with Gasteiger partial charge in [-0.05, 0) is 12.0 Å². The molecule has 0 saturated carbocycles. The molecule has 0 bridgehead atoms. The zero-order valence-electron chi connectivity index (χ0n) is 9.28. The summed E-state index contributed by atoms with van der Waals surface area (Å²) in [6.45, 7) is 3.95. The van der Waals surface area contributed by atoms with E-state index >= 15 is 0 Å². The van der Waals surface area contributed by atoms with Gasteiger partial charge in [-0.25, -0.2) is 0 Å². The normalized spacial score (nSPS) is 10.4. The van der Waals surface area contributed by atoms with E-state index in [1.807, 2.05) is 13.8 Å². The minimum Gasteiger partial charge on any atom is -0.326 e. The first-order valence-electron chi connectivity index (χ1n) is 4.95. The molecule has 1 amide bonds. The van der Waals surface area contributed by atoms with E-state index in [9.17, 15) is 9.59 Å². The van der Waals surface area contributed by atoms with Gasteiger partial charge in [-0.3, -0.25) is 9.59 Å². The van der Waals surface area contributed by atoms with Crippen molar-refractivity contribution in [2.24, 2.45) is 13.0 Å². The Labute approximate surface area is 88.9 Å². The van der Waals surface area contributed by atoms with Crippen LogP contribution in [0.25, 0.3) is 0 Å². The quantitative estimate of drug-likeness (QED) is 0.815. The van der Waals surface area contributed by atoms with E-state index in [1.165, 1.54) is 10.6 Å². The van der Waals surface area contributed by atoms with Crippen molar-refractivity contribution in [3.63, 3.8) is 0 Å². The van der Waals surface area contributed by atoms with Crippen molar-refractivity contribution in [1.29, 1.82) is 0 Å². The lowest BCUT2D eigenvalue weighted by molar-refractivity contribution is -0.116. The zero-order valence-corrected chi connectivity index (χ0v) is 9.28. The summed E-state index contributed by atoms with van der Waals surface area (Å²) < 4.78 is 1.46. The van der Waals surface area contributed by atoms with Gasteiger partial charge in [0.25, 0.3) is 5.56 Å². The topological polar surface area (TPSA) is 51.1 Å². The number of hydrogen-bond acceptors (Lipinski definition) is 2. The largest absolute Gasteiger partial charge is 0.326 e. The number of aromatic nitrogens is 1. The number of carbonyl (C=O) groups excluding carboxylic acids is 1. The van der Waals surface area contributed by atoms with Crippen LogP contribution in [0.4, 0.5) is 5.69 Å². The number of pyridine rings is 1. The molecule has 4 heteroatoms. The Morgan fingerprint density at radius 3 is 2.73 bits per heavy atom. The number of rotatable bonds is 3. The molecule has 1 rings (SSSR count). The van der Waals surface area contributed by atoms with Gasteiger partial charge < -0.3 is 9.88 Å². The van der Waals surface area contributed by atoms with Crippen LogP contribution in [0.15, 0.2) is 23.1 Å². The molecular weight excluding hydrogens is 192 g/mol. The van der Waals surface area contributed by atoms with Gasteiger partial charge in [0.1, 0.15) is 0 Å². The Morgan fingerprint density at radius 2 is 2.20 bits per heavy atom. The van der Waals surface area contributed by atoms with Crippen LogP contribution in [0.3, 0.4) is 0 Å². The summed E-state index contributed by atoms with van der Waals surface area (Å²) in [4.78, 5) is 22.7. The fourth-order valence-corrected chi connectivity index (χ4v) is 1.21. The van der Waals surface area contributed by atoms with Crippen LogP contribution < -0.4 is 10.9 Å². The van der Waals surface area contributed by atoms with E-state index in [0.717, 1.165) is 0 Å². The molecule has 0 saturated heterocycles. The molecule has 0 atom stereocenters. The van der Waals surface area contributed by atoms with Gasteiger partial charge >= 0.3 is 0 Å².